The van der Waals surface area contributed by atoms with E-state index in [9.17, 15) is 4.79 Å². The lowest BCUT2D eigenvalue weighted by molar-refractivity contribution is -0.146. The van der Waals surface area contributed by atoms with Gasteiger partial charge in [-0.05, 0) is 12.8 Å². The van der Waals surface area contributed by atoms with Crippen LogP contribution in [0.5, 0.6) is 0 Å². The average molecular weight is 185 g/mol. The van der Waals surface area contributed by atoms with E-state index in [1.165, 1.54) is 0 Å². The predicted octanol–water partition coefficient (Wildman–Crippen LogP) is 0.0872. The number of aliphatic carboxylic acids is 1. The number of carbonyl (C=O) groups is 1. The minimum Gasteiger partial charge on any atom is -0.481 e. The minimum atomic E-state index is -0.660. The highest BCUT2D eigenvalue weighted by Crippen LogP contribution is 2.40. The SMILES string of the molecule is O=C(O)[C@@H]1CNCC12CCOCC2. The molecule has 0 amide bonds. The van der Waals surface area contributed by atoms with Crippen LogP contribution < -0.4 is 5.32 Å². The molecule has 2 aliphatic heterocycles. The third-order valence-electron chi connectivity index (χ3n) is 3.35. The van der Waals surface area contributed by atoms with Crippen LogP contribution in [0, 0.1) is 11.3 Å². The minimum absolute atomic E-state index is 0.0237. The molecule has 13 heavy (non-hydrogen) atoms. The molecule has 0 aromatic rings. The van der Waals surface area contributed by atoms with Crippen LogP contribution in [-0.4, -0.2) is 37.4 Å². The Morgan fingerprint density at radius 1 is 1.46 bits per heavy atom. The van der Waals surface area contributed by atoms with Crippen molar-refractivity contribution in [1.82, 2.24) is 5.32 Å². The van der Waals surface area contributed by atoms with Crippen molar-refractivity contribution in [3.05, 3.63) is 0 Å². The normalized spacial score (nSPS) is 32.2. The van der Waals surface area contributed by atoms with Crippen LogP contribution >= 0.6 is 0 Å². The van der Waals surface area contributed by atoms with E-state index in [1.54, 1.807) is 0 Å². The maximum atomic E-state index is 11.0. The van der Waals surface area contributed by atoms with Crippen LogP contribution in [0.2, 0.25) is 0 Å². The number of rotatable bonds is 1. The first-order valence-electron chi connectivity index (χ1n) is 4.76. The van der Waals surface area contributed by atoms with Crippen LogP contribution in [0.4, 0.5) is 0 Å². The lowest BCUT2D eigenvalue weighted by Gasteiger charge is -2.35. The highest BCUT2D eigenvalue weighted by molar-refractivity contribution is 5.72. The summed E-state index contributed by atoms with van der Waals surface area (Å²) in [5.41, 5.74) is -0.0237. The van der Waals surface area contributed by atoms with Gasteiger partial charge in [0.25, 0.3) is 0 Å². The molecule has 0 saturated carbocycles. The van der Waals surface area contributed by atoms with Gasteiger partial charge >= 0.3 is 5.97 Å². The Morgan fingerprint density at radius 2 is 2.15 bits per heavy atom. The predicted molar refractivity (Wildman–Crippen MR) is 46.5 cm³/mol. The van der Waals surface area contributed by atoms with Gasteiger partial charge in [0, 0.05) is 31.7 Å². The standard InChI is InChI=1S/C9H15NO3/c11-8(12)7-5-10-6-9(7)1-3-13-4-2-9/h7,10H,1-6H2,(H,11,12)/t7-/m0/s1. The second-order valence-corrected chi connectivity index (χ2v) is 4.00. The zero-order valence-electron chi connectivity index (χ0n) is 7.58. The molecule has 4 heteroatoms. The first-order chi connectivity index (χ1) is 6.25. The molecule has 2 aliphatic rings. The zero-order chi connectivity index (χ0) is 9.31. The van der Waals surface area contributed by atoms with Crippen molar-refractivity contribution in [2.75, 3.05) is 26.3 Å². The average Bonchev–Trinajstić information content (AvgIpc) is 2.50. The number of hydrogen-bond donors (Lipinski definition) is 2. The summed E-state index contributed by atoms with van der Waals surface area (Å²) < 4.78 is 5.26. The maximum absolute atomic E-state index is 11.0. The monoisotopic (exact) mass is 185 g/mol. The number of carboxylic acids is 1. The van der Waals surface area contributed by atoms with E-state index in [1.807, 2.05) is 0 Å². The van der Waals surface area contributed by atoms with Crippen molar-refractivity contribution < 1.29 is 14.6 Å². The smallest absolute Gasteiger partial charge is 0.308 e. The van der Waals surface area contributed by atoms with Gasteiger partial charge < -0.3 is 15.2 Å². The summed E-state index contributed by atoms with van der Waals surface area (Å²) in [6, 6.07) is 0. The molecule has 0 radical (unpaired) electrons. The second kappa shape index (κ2) is 3.27. The quantitative estimate of drug-likeness (QED) is 0.607. The van der Waals surface area contributed by atoms with E-state index in [4.69, 9.17) is 9.84 Å². The molecule has 0 aliphatic carbocycles. The van der Waals surface area contributed by atoms with Crippen molar-refractivity contribution in [1.29, 1.82) is 0 Å². The van der Waals surface area contributed by atoms with Crippen molar-refractivity contribution >= 4 is 5.97 Å². The molecular weight excluding hydrogens is 170 g/mol. The maximum Gasteiger partial charge on any atom is 0.308 e. The fourth-order valence-corrected chi connectivity index (χ4v) is 2.46. The van der Waals surface area contributed by atoms with Crippen LogP contribution in [-0.2, 0) is 9.53 Å². The summed E-state index contributed by atoms with van der Waals surface area (Å²) in [5.74, 6) is -0.872. The Morgan fingerprint density at radius 3 is 2.77 bits per heavy atom. The first kappa shape index (κ1) is 8.97. The van der Waals surface area contributed by atoms with Crippen molar-refractivity contribution in [2.24, 2.45) is 11.3 Å². The van der Waals surface area contributed by atoms with Gasteiger partial charge in [-0.1, -0.05) is 0 Å². The molecule has 0 aromatic heterocycles. The lowest BCUT2D eigenvalue weighted by atomic mass is 9.72. The van der Waals surface area contributed by atoms with Crippen molar-refractivity contribution in [2.45, 2.75) is 12.8 Å². The van der Waals surface area contributed by atoms with Gasteiger partial charge in [0.2, 0.25) is 0 Å². The van der Waals surface area contributed by atoms with Gasteiger partial charge in [-0.15, -0.1) is 0 Å². The number of ether oxygens (including phenoxy) is 1. The van der Waals surface area contributed by atoms with Crippen LogP contribution in [0.3, 0.4) is 0 Å². The molecule has 1 spiro atoms. The van der Waals surface area contributed by atoms with E-state index in [-0.39, 0.29) is 11.3 Å². The van der Waals surface area contributed by atoms with Crippen LogP contribution in [0.15, 0.2) is 0 Å². The highest BCUT2D eigenvalue weighted by atomic mass is 16.5. The van der Waals surface area contributed by atoms with E-state index in [2.05, 4.69) is 5.32 Å². The Kier molecular flexibility index (Phi) is 2.26. The van der Waals surface area contributed by atoms with E-state index in [0.29, 0.717) is 19.8 Å². The molecule has 0 bridgehead atoms. The second-order valence-electron chi connectivity index (χ2n) is 4.00. The number of carboxylic acid groups (broad SMARTS) is 1. The molecule has 1 atom stereocenters. The number of hydrogen-bond acceptors (Lipinski definition) is 3. The van der Waals surface area contributed by atoms with Gasteiger partial charge in [0.05, 0.1) is 5.92 Å². The van der Waals surface area contributed by atoms with Gasteiger partial charge in [0.1, 0.15) is 0 Å². The van der Waals surface area contributed by atoms with Gasteiger partial charge in [-0.2, -0.15) is 0 Å². The fraction of sp³-hybridized carbons (Fsp3) is 0.889. The molecule has 2 heterocycles. The summed E-state index contributed by atoms with van der Waals surface area (Å²) in [6.45, 7) is 2.89. The molecule has 74 valence electrons. The van der Waals surface area contributed by atoms with Crippen LogP contribution in [0.1, 0.15) is 12.8 Å². The Labute approximate surface area is 77.3 Å². The highest BCUT2D eigenvalue weighted by Gasteiger charge is 2.47. The lowest BCUT2D eigenvalue weighted by Crippen LogP contribution is -2.39. The zero-order valence-corrected chi connectivity index (χ0v) is 7.58. The number of nitrogens with one attached hydrogen (secondary N) is 1. The first-order valence-corrected chi connectivity index (χ1v) is 4.76. The molecule has 2 rings (SSSR count). The fourth-order valence-electron chi connectivity index (χ4n) is 2.46. The molecule has 0 unspecified atom stereocenters. The largest absolute Gasteiger partial charge is 0.481 e. The molecule has 2 N–H and O–H groups in total. The molecule has 0 aromatic carbocycles. The van der Waals surface area contributed by atoms with Crippen molar-refractivity contribution in [3.63, 3.8) is 0 Å². The third-order valence-corrected chi connectivity index (χ3v) is 3.35. The Hall–Kier alpha value is -0.610. The van der Waals surface area contributed by atoms with Crippen LogP contribution in [0.25, 0.3) is 0 Å². The summed E-state index contributed by atoms with van der Waals surface area (Å²) >= 11 is 0. The van der Waals surface area contributed by atoms with E-state index >= 15 is 0 Å². The molecule has 2 saturated heterocycles. The molecule has 4 nitrogen and oxygen atoms in total. The molecular formula is C9H15NO3. The van der Waals surface area contributed by atoms with Gasteiger partial charge in [-0.3, -0.25) is 4.79 Å². The summed E-state index contributed by atoms with van der Waals surface area (Å²) in [6.07, 6.45) is 1.77. The third kappa shape index (κ3) is 1.44. The Balaban J connectivity index is 2.13. The van der Waals surface area contributed by atoms with E-state index in [0.717, 1.165) is 19.4 Å². The summed E-state index contributed by atoms with van der Waals surface area (Å²) in [4.78, 5) is 11.0. The summed E-state index contributed by atoms with van der Waals surface area (Å²) in [5, 5.41) is 12.2. The topological polar surface area (TPSA) is 58.6 Å². The van der Waals surface area contributed by atoms with E-state index < -0.39 is 5.97 Å². The molecule has 2 fully saturated rings. The van der Waals surface area contributed by atoms with Gasteiger partial charge in [-0.25, -0.2) is 0 Å². The Bertz CT molecular complexity index is 211. The van der Waals surface area contributed by atoms with Crippen molar-refractivity contribution in [3.8, 4) is 0 Å². The van der Waals surface area contributed by atoms with Gasteiger partial charge in [0.15, 0.2) is 0 Å². The summed E-state index contributed by atoms with van der Waals surface area (Å²) in [7, 11) is 0.